The number of allylic oxidation sites excluding steroid dienone is 2. The molecule has 0 atom stereocenters. The molecule has 0 unspecified atom stereocenters. The van der Waals surface area contributed by atoms with Gasteiger partial charge in [-0.15, -0.1) is 5.11 Å². The van der Waals surface area contributed by atoms with Crippen molar-refractivity contribution in [3.05, 3.63) is 24.4 Å². The van der Waals surface area contributed by atoms with E-state index in [0.717, 1.165) is 6.42 Å². The lowest BCUT2D eigenvalue weighted by molar-refractivity contribution is 1.03. The van der Waals surface area contributed by atoms with Gasteiger partial charge in [0.1, 0.15) is 0 Å². The third kappa shape index (κ3) is 4.74. The molecule has 0 fully saturated rings. The zero-order valence-corrected chi connectivity index (χ0v) is 5.54. The first kappa shape index (κ1) is 7.88. The van der Waals surface area contributed by atoms with Crippen molar-refractivity contribution >= 4 is 0 Å². The second-order valence-electron chi connectivity index (χ2n) is 1.52. The summed E-state index contributed by atoms with van der Waals surface area (Å²) in [4.78, 5) is 0. The van der Waals surface area contributed by atoms with Gasteiger partial charge in [-0.05, 0) is 12.5 Å². The van der Waals surface area contributed by atoms with Crippen molar-refractivity contribution in [1.29, 1.82) is 0 Å². The zero-order valence-electron chi connectivity index (χ0n) is 5.54. The topological polar surface area (TPSA) is 50.7 Å². The molecule has 0 aliphatic heterocycles. The molecule has 0 aliphatic rings. The van der Waals surface area contributed by atoms with Crippen LogP contribution in [0.15, 0.2) is 34.8 Å². The third-order valence-corrected chi connectivity index (χ3v) is 0.732. The molecule has 0 spiro atoms. The van der Waals surface area contributed by atoms with Gasteiger partial charge in [0.05, 0.1) is 5.70 Å². The summed E-state index contributed by atoms with van der Waals surface area (Å²) in [5, 5.41) is 6.55. The normalized spacial score (nSPS) is 11.2. The van der Waals surface area contributed by atoms with Gasteiger partial charge in [0.15, 0.2) is 0 Å². The van der Waals surface area contributed by atoms with Gasteiger partial charge >= 0.3 is 0 Å². The van der Waals surface area contributed by atoms with E-state index in [9.17, 15) is 0 Å². The van der Waals surface area contributed by atoms with Gasteiger partial charge in [-0.1, -0.05) is 24.8 Å². The average Bonchev–Trinajstić information content (AvgIpc) is 1.85. The van der Waals surface area contributed by atoms with Crippen LogP contribution in [-0.2, 0) is 0 Å². The van der Waals surface area contributed by atoms with Gasteiger partial charge in [-0.25, -0.2) is 0 Å². The summed E-state index contributed by atoms with van der Waals surface area (Å²) in [5.74, 6) is 4.76. The molecule has 0 heterocycles. The highest BCUT2D eigenvalue weighted by molar-refractivity contribution is 5.11. The average molecular weight is 125 g/mol. The largest absolute Gasteiger partial charge is 0.305 e. The minimum atomic E-state index is 0.583. The van der Waals surface area contributed by atoms with Crippen molar-refractivity contribution in [3.63, 3.8) is 0 Å². The maximum Gasteiger partial charge on any atom is 0.0799 e. The molecular formula is C6H11N3. The van der Waals surface area contributed by atoms with E-state index in [4.69, 9.17) is 5.84 Å². The van der Waals surface area contributed by atoms with Crippen LogP contribution in [0.25, 0.3) is 0 Å². The van der Waals surface area contributed by atoms with Crippen molar-refractivity contribution in [1.82, 2.24) is 0 Å². The van der Waals surface area contributed by atoms with E-state index in [2.05, 4.69) is 16.9 Å². The molecule has 0 rings (SSSR count). The van der Waals surface area contributed by atoms with Crippen LogP contribution in [0.2, 0.25) is 0 Å². The van der Waals surface area contributed by atoms with E-state index in [1.807, 2.05) is 13.0 Å². The molecule has 0 aromatic carbocycles. The minimum absolute atomic E-state index is 0.583. The summed E-state index contributed by atoms with van der Waals surface area (Å²) in [6.07, 6.45) is 4.69. The summed E-state index contributed by atoms with van der Waals surface area (Å²) in [7, 11) is 0. The smallest absolute Gasteiger partial charge is 0.0799 e. The highest BCUT2D eigenvalue weighted by Gasteiger charge is 1.77. The molecule has 0 bridgehead atoms. The Hall–Kier alpha value is -1.12. The summed E-state index contributed by atoms with van der Waals surface area (Å²) in [6.45, 7) is 5.59. The van der Waals surface area contributed by atoms with Gasteiger partial charge in [0.2, 0.25) is 0 Å². The third-order valence-electron chi connectivity index (χ3n) is 0.732. The second kappa shape index (κ2) is 5.03. The Bertz CT molecular complexity index is 135. The van der Waals surface area contributed by atoms with Crippen LogP contribution in [-0.4, -0.2) is 0 Å². The lowest BCUT2D eigenvalue weighted by Crippen LogP contribution is -1.75. The molecule has 50 valence electrons. The van der Waals surface area contributed by atoms with Gasteiger partial charge < -0.3 is 5.84 Å². The van der Waals surface area contributed by atoms with Crippen LogP contribution >= 0.6 is 0 Å². The van der Waals surface area contributed by atoms with Gasteiger partial charge in [0.25, 0.3) is 0 Å². The molecule has 0 saturated heterocycles. The molecule has 0 radical (unpaired) electrons. The number of nitrogens with zero attached hydrogens (tertiary/aromatic N) is 2. The van der Waals surface area contributed by atoms with E-state index in [1.165, 1.54) is 0 Å². The van der Waals surface area contributed by atoms with Gasteiger partial charge in [0, 0.05) is 0 Å². The van der Waals surface area contributed by atoms with Crippen LogP contribution < -0.4 is 5.84 Å². The summed E-state index contributed by atoms with van der Waals surface area (Å²) in [6, 6.07) is 0. The Balaban J connectivity index is 3.63. The monoisotopic (exact) mass is 125 g/mol. The van der Waals surface area contributed by atoms with Crippen LogP contribution in [0.1, 0.15) is 13.3 Å². The van der Waals surface area contributed by atoms with E-state index >= 15 is 0 Å². The van der Waals surface area contributed by atoms with Crippen molar-refractivity contribution in [3.8, 4) is 0 Å². The maximum atomic E-state index is 4.76. The molecule has 0 saturated carbocycles. The number of hydrogen-bond donors (Lipinski definition) is 1. The Labute approximate surface area is 54.9 Å². The Morgan fingerprint density at radius 2 is 2.44 bits per heavy atom. The summed E-state index contributed by atoms with van der Waals surface area (Å²) >= 11 is 0. The fourth-order valence-corrected chi connectivity index (χ4v) is 0.361. The first-order chi connectivity index (χ1) is 4.31. The van der Waals surface area contributed by atoms with Crippen LogP contribution in [0.4, 0.5) is 0 Å². The lowest BCUT2D eigenvalue weighted by atomic mass is 10.4. The highest BCUT2D eigenvalue weighted by atomic mass is 15.3. The number of rotatable bonds is 3. The number of hydrogen-bond acceptors (Lipinski definition) is 2. The van der Waals surface area contributed by atoms with Gasteiger partial charge in [-0.2, -0.15) is 0 Å². The molecule has 9 heavy (non-hydrogen) atoms. The molecule has 3 nitrogen and oxygen atoms in total. The molecule has 0 aliphatic carbocycles. The van der Waals surface area contributed by atoms with Crippen molar-refractivity contribution < 1.29 is 0 Å². The molecular weight excluding hydrogens is 114 g/mol. The predicted octanol–water partition coefficient (Wildman–Crippen LogP) is 1.79. The first-order valence-corrected chi connectivity index (χ1v) is 2.77. The molecule has 2 N–H and O–H groups in total. The van der Waals surface area contributed by atoms with Crippen molar-refractivity contribution in [2.75, 3.05) is 0 Å². The zero-order chi connectivity index (χ0) is 7.11. The molecule has 3 heteroatoms. The molecule has 0 amide bonds. The van der Waals surface area contributed by atoms with E-state index < -0.39 is 0 Å². The predicted molar refractivity (Wildman–Crippen MR) is 37.6 cm³/mol. The Morgan fingerprint density at radius 3 is 2.89 bits per heavy atom. The minimum Gasteiger partial charge on any atom is -0.305 e. The fraction of sp³-hybridized carbons (Fsp3) is 0.333. The fourth-order valence-electron chi connectivity index (χ4n) is 0.361. The van der Waals surface area contributed by atoms with E-state index in [-0.39, 0.29) is 0 Å². The Morgan fingerprint density at radius 1 is 1.78 bits per heavy atom. The quantitative estimate of drug-likeness (QED) is 0.266. The van der Waals surface area contributed by atoms with Crippen LogP contribution in [0.5, 0.6) is 0 Å². The van der Waals surface area contributed by atoms with Crippen molar-refractivity contribution in [2.24, 2.45) is 16.2 Å². The van der Waals surface area contributed by atoms with Crippen LogP contribution in [0, 0.1) is 0 Å². The molecule has 0 aromatic rings. The van der Waals surface area contributed by atoms with Crippen LogP contribution in [0.3, 0.4) is 0 Å². The molecule has 0 aromatic heterocycles. The standard InChI is InChI=1S/C6H11N3/c1-3-4-5-6(2)8-9-7/h4-5H,2-3H2,1H3,(H2,7,8)/b5-4-. The maximum absolute atomic E-state index is 4.76. The van der Waals surface area contributed by atoms with E-state index in [1.54, 1.807) is 6.08 Å². The summed E-state index contributed by atoms with van der Waals surface area (Å²) in [5.41, 5.74) is 0.583. The first-order valence-electron chi connectivity index (χ1n) is 2.77. The van der Waals surface area contributed by atoms with Gasteiger partial charge in [-0.3, -0.25) is 0 Å². The number of nitrogens with two attached hydrogens (primary N) is 1. The summed E-state index contributed by atoms with van der Waals surface area (Å²) < 4.78 is 0. The van der Waals surface area contributed by atoms with Crippen molar-refractivity contribution in [2.45, 2.75) is 13.3 Å². The van der Waals surface area contributed by atoms with E-state index in [0.29, 0.717) is 5.70 Å². The lowest BCUT2D eigenvalue weighted by Gasteiger charge is -1.82. The highest BCUT2D eigenvalue weighted by Crippen LogP contribution is 1.94. The SMILES string of the molecule is C=C(/C=C\CC)N=NN. The Kier molecular flexibility index (Phi) is 4.40. The second-order valence-corrected chi connectivity index (χ2v) is 1.52.